The first-order valence-electron chi connectivity index (χ1n) is 23.4. The lowest BCUT2D eigenvalue weighted by molar-refractivity contribution is 0.133. The van der Waals surface area contributed by atoms with Crippen LogP contribution in [0, 0.1) is 11.8 Å². The topological polar surface area (TPSA) is 18.5 Å². The van der Waals surface area contributed by atoms with Gasteiger partial charge in [-0.25, -0.2) is 0 Å². The second kappa shape index (κ2) is 21.0. The molecule has 1 aliphatic carbocycles. The molecule has 0 spiro atoms. The zero-order chi connectivity index (χ0) is 42.7. The van der Waals surface area contributed by atoms with Crippen LogP contribution in [0.25, 0.3) is 38.2 Å². The third-order valence-electron chi connectivity index (χ3n) is 13.4. The second-order valence-corrected chi connectivity index (χ2v) is 17.5. The molecule has 1 saturated carbocycles. The van der Waals surface area contributed by atoms with E-state index in [-0.39, 0.29) is 5.92 Å². The largest absolute Gasteiger partial charge is 0.493 e. The van der Waals surface area contributed by atoms with Crippen LogP contribution in [0.15, 0.2) is 163 Å². The van der Waals surface area contributed by atoms with Gasteiger partial charge in [-0.3, -0.25) is 0 Å². The highest BCUT2D eigenvalue weighted by atomic mass is 16.5. The van der Waals surface area contributed by atoms with E-state index in [0.717, 1.165) is 71.3 Å². The Bertz CT molecular complexity index is 2440. The highest BCUT2D eigenvalue weighted by Crippen LogP contribution is 2.44. The average Bonchev–Trinajstić information content (AvgIpc) is 3.36. The van der Waals surface area contributed by atoms with Crippen molar-refractivity contribution in [2.45, 2.75) is 111 Å². The summed E-state index contributed by atoms with van der Waals surface area (Å²) in [5.74, 6) is 3.43. The van der Waals surface area contributed by atoms with Gasteiger partial charge in [-0.15, -0.1) is 0 Å². The molecule has 5 aromatic rings. The summed E-state index contributed by atoms with van der Waals surface area (Å²) >= 11 is 0. The van der Waals surface area contributed by atoms with Gasteiger partial charge in [0.2, 0.25) is 0 Å². The Morgan fingerprint density at radius 1 is 0.689 bits per heavy atom. The number of allylic oxidation sites excluding steroid dienone is 9. The van der Waals surface area contributed by atoms with Gasteiger partial charge in [0, 0.05) is 17.1 Å². The van der Waals surface area contributed by atoms with E-state index in [1.165, 1.54) is 88.3 Å². The van der Waals surface area contributed by atoms with Crippen LogP contribution in [-0.2, 0) is 11.2 Å². The van der Waals surface area contributed by atoms with Gasteiger partial charge in [0.1, 0.15) is 11.5 Å². The highest BCUT2D eigenvalue weighted by molar-refractivity contribution is 6.03. The van der Waals surface area contributed by atoms with Gasteiger partial charge in [-0.2, -0.15) is 0 Å². The van der Waals surface area contributed by atoms with E-state index in [0.29, 0.717) is 24.9 Å². The maximum absolute atomic E-state index is 6.98. The first-order valence-corrected chi connectivity index (χ1v) is 23.4. The van der Waals surface area contributed by atoms with Crippen molar-refractivity contribution in [1.82, 2.24) is 0 Å². The summed E-state index contributed by atoms with van der Waals surface area (Å²) in [5.41, 5.74) is 12.0. The Balaban J connectivity index is 1.24. The van der Waals surface area contributed by atoms with Crippen molar-refractivity contribution in [3.8, 4) is 16.9 Å². The quantitative estimate of drug-likeness (QED) is 0.104. The predicted octanol–water partition coefficient (Wildman–Crippen LogP) is 16.9. The summed E-state index contributed by atoms with van der Waals surface area (Å²) in [6.07, 6.45) is 21.6. The Morgan fingerprint density at radius 3 is 2.10 bits per heavy atom. The lowest BCUT2D eigenvalue weighted by atomic mass is 9.77. The Kier molecular flexibility index (Phi) is 15.0. The molecule has 0 bridgehead atoms. The van der Waals surface area contributed by atoms with Gasteiger partial charge in [0.15, 0.2) is 0 Å². The summed E-state index contributed by atoms with van der Waals surface area (Å²) < 4.78 is 13.8. The monoisotopic (exact) mass is 809 g/mol. The van der Waals surface area contributed by atoms with Crippen LogP contribution in [0.2, 0.25) is 0 Å². The van der Waals surface area contributed by atoms with Gasteiger partial charge < -0.3 is 9.47 Å². The zero-order valence-corrected chi connectivity index (χ0v) is 37.7. The van der Waals surface area contributed by atoms with Gasteiger partial charge in [0.25, 0.3) is 0 Å². The number of hydrogen-bond acceptors (Lipinski definition) is 2. The number of benzene rings is 5. The van der Waals surface area contributed by atoms with Crippen LogP contribution >= 0.6 is 0 Å². The molecular weight excluding hydrogens is 741 g/mol. The van der Waals surface area contributed by atoms with Gasteiger partial charge in [0.05, 0.1) is 13.2 Å². The summed E-state index contributed by atoms with van der Waals surface area (Å²) in [5, 5.41) is 4.77. The molecule has 5 aromatic carbocycles. The number of aryl methyl sites for hydroxylation is 1. The van der Waals surface area contributed by atoms with Crippen molar-refractivity contribution < 1.29 is 9.47 Å². The first kappa shape index (κ1) is 43.7. The van der Waals surface area contributed by atoms with Crippen molar-refractivity contribution in [2.75, 3.05) is 13.2 Å². The summed E-state index contributed by atoms with van der Waals surface area (Å²) in [7, 11) is 0. The molecule has 2 heteroatoms. The van der Waals surface area contributed by atoms with Crippen LogP contribution in [0.4, 0.5) is 0 Å². The lowest BCUT2D eigenvalue weighted by Gasteiger charge is -2.28. The van der Waals surface area contributed by atoms with Crippen molar-refractivity contribution in [2.24, 2.45) is 11.8 Å². The number of rotatable bonds is 14. The van der Waals surface area contributed by atoms with Crippen molar-refractivity contribution >= 4 is 27.1 Å². The molecule has 1 aliphatic heterocycles. The normalized spacial score (nSPS) is 19.8. The number of hydrogen-bond donors (Lipinski definition) is 0. The molecule has 2 nitrogen and oxygen atoms in total. The number of ether oxygens (including phenoxy) is 2. The van der Waals surface area contributed by atoms with Crippen molar-refractivity contribution in [3.05, 3.63) is 179 Å². The maximum atomic E-state index is 6.98. The molecule has 7 rings (SSSR count). The van der Waals surface area contributed by atoms with Crippen LogP contribution < -0.4 is 4.74 Å². The van der Waals surface area contributed by atoms with E-state index in [4.69, 9.17) is 16.1 Å². The van der Waals surface area contributed by atoms with E-state index in [9.17, 15) is 0 Å². The predicted molar refractivity (Wildman–Crippen MR) is 263 cm³/mol. The van der Waals surface area contributed by atoms with Gasteiger partial charge in [-0.05, 0) is 161 Å². The van der Waals surface area contributed by atoms with E-state index in [2.05, 4.69) is 163 Å². The van der Waals surface area contributed by atoms with Crippen LogP contribution in [0.1, 0.15) is 121 Å². The smallest absolute Gasteiger partial charge is 0.127 e. The number of fused-ring (bicyclic) bond motifs is 4. The first-order chi connectivity index (χ1) is 29.8. The zero-order valence-electron chi connectivity index (χ0n) is 37.7. The fourth-order valence-corrected chi connectivity index (χ4v) is 9.72. The lowest BCUT2D eigenvalue weighted by Crippen LogP contribution is -2.18. The molecule has 2 aliphatic rings. The van der Waals surface area contributed by atoms with Crippen LogP contribution in [0.5, 0.6) is 5.75 Å². The van der Waals surface area contributed by atoms with E-state index in [1.54, 1.807) is 0 Å². The molecular formula is C59H68O2. The third kappa shape index (κ3) is 10.6. The molecule has 0 aromatic heterocycles. The summed E-state index contributed by atoms with van der Waals surface area (Å²) in [6.45, 7) is 21.5. The van der Waals surface area contributed by atoms with E-state index < -0.39 is 0 Å². The second-order valence-electron chi connectivity index (χ2n) is 17.5. The van der Waals surface area contributed by atoms with E-state index in [1.807, 2.05) is 0 Å². The standard InChI is InChI=1S/C59H68O2/c1-8-15-43(10-3)35-41(6)47(11-4)36-48(12-5)58-42(7)60-39-46(20-19-45-23-27-51(28-24-45)50-25-21-44(16-9-2)22-26-50)40-61-57-34-33-52-30-32-55(38-56(52)59(57)58)54-31-29-49-17-13-14-18-53(49)37-54/h8,13-15,17-18,23-24,27-38,44,46,50H,6-7,9-12,16,19-22,25-26,39-40H2,1-5H3/b15-8-,43-35+,47-36+,58-48-. The minimum absolute atomic E-state index is 0.202. The van der Waals surface area contributed by atoms with Crippen molar-refractivity contribution in [1.29, 1.82) is 0 Å². The minimum atomic E-state index is 0.202. The molecule has 1 fully saturated rings. The minimum Gasteiger partial charge on any atom is -0.493 e. The maximum Gasteiger partial charge on any atom is 0.127 e. The Morgan fingerprint density at radius 2 is 1.39 bits per heavy atom. The fourth-order valence-electron chi connectivity index (χ4n) is 9.72. The molecule has 0 radical (unpaired) electrons. The Hall–Kier alpha value is -5.34. The van der Waals surface area contributed by atoms with E-state index >= 15 is 0 Å². The van der Waals surface area contributed by atoms with Crippen LogP contribution in [0.3, 0.4) is 0 Å². The summed E-state index contributed by atoms with van der Waals surface area (Å²) in [4.78, 5) is 0. The Labute approximate surface area is 367 Å². The van der Waals surface area contributed by atoms with Gasteiger partial charge in [-0.1, -0.05) is 157 Å². The fraction of sp³-hybridized carbons (Fsp3) is 0.356. The molecule has 1 atom stereocenters. The molecule has 1 heterocycles. The third-order valence-corrected chi connectivity index (χ3v) is 13.4. The van der Waals surface area contributed by atoms with Crippen LogP contribution in [-0.4, -0.2) is 13.2 Å². The SMILES string of the molecule is C=C(/C=C(/C=C\C)CC)/C(=C/C(CC)=C1/C(=C)OCC(CCc2ccc(C3CCC(CCC)CC3)cc2)COc2ccc3ccc(-c4ccc5ccccc5c4)cc3c21)CC. The molecule has 0 N–H and O–H groups in total. The molecule has 1 unspecified atom stereocenters. The molecule has 61 heavy (non-hydrogen) atoms. The average molecular weight is 809 g/mol. The molecule has 316 valence electrons. The van der Waals surface area contributed by atoms with Crippen molar-refractivity contribution in [3.63, 3.8) is 0 Å². The highest BCUT2D eigenvalue weighted by Gasteiger charge is 2.26. The summed E-state index contributed by atoms with van der Waals surface area (Å²) in [6, 6.07) is 36.1. The molecule has 0 amide bonds. The van der Waals surface area contributed by atoms with Gasteiger partial charge >= 0.3 is 0 Å². The molecule has 0 saturated heterocycles.